The van der Waals surface area contributed by atoms with Crippen LogP contribution in [0.2, 0.25) is 0 Å². The fraction of sp³-hybridized carbons (Fsp3) is 0.565. The number of hydrogen-bond acceptors (Lipinski definition) is 4. The first-order chi connectivity index (χ1) is 25.6. The monoisotopic (exact) mass is 854 g/mol. The standard InChI is InChI=1S/C46H56N4O2.2BrH/c1-3-5-20-49-22-16-33-38(49)26-34-30(28-49)17-24-51-44-40(34)42(33)47(32-12-8-7-9-13-32)45-41-35-27-39-46(36-14-10-11-15-37(36)48(44)43(41)46)19-23-50(39,21-6-4-2)29-31(35)18-25-52-45;;/h3-15,17-18,33-35,38-45H,16,19-29H2,1-2H3;2*1H/q+2;;/p-2. The van der Waals surface area contributed by atoms with Crippen LogP contribution in [0.25, 0.3) is 0 Å². The molecule has 2 saturated carbocycles. The van der Waals surface area contributed by atoms with Gasteiger partial charge in [-0.1, -0.05) is 60.7 Å². The first-order valence-electron chi connectivity index (χ1n) is 20.9. The summed E-state index contributed by atoms with van der Waals surface area (Å²) < 4.78 is 17.5. The van der Waals surface area contributed by atoms with Crippen LogP contribution < -0.4 is 43.8 Å². The predicted octanol–water partition coefficient (Wildman–Crippen LogP) is 0.821. The molecule has 8 heteroatoms. The van der Waals surface area contributed by atoms with Gasteiger partial charge in [0.2, 0.25) is 0 Å². The molecule has 7 fully saturated rings. The summed E-state index contributed by atoms with van der Waals surface area (Å²) in [5, 5.41) is 0. The van der Waals surface area contributed by atoms with E-state index in [1.165, 1.54) is 72.2 Å². The van der Waals surface area contributed by atoms with Crippen LogP contribution in [-0.2, 0) is 14.9 Å². The van der Waals surface area contributed by atoms with Crippen LogP contribution in [-0.4, -0.2) is 98.1 Å². The van der Waals surface area contributed by atoms with Gasteiger partial charge >= 0.3 is 0 Å². The van der Waals surface area contributed by atoms with Crippen molar-refractivity contribution in [2.45, 2.75) is 81.6 Å². The lowest BCUT2D eigenvalue weighted by atomic mass is 9.53. The number of anilines is 2. The van der Waals surface area contributed by atoms with Crippen LogP contribution in [0.3, 0.4) is 0 Å². The highest BCUT2D eigenvalue weighted by molar-refractivity contribution is 5.68. The molecule has 0 radical (unpaired) electrons. The van der Waals surface area contributed by atoms with E-state index in [1.54, 1.807) is 16.7 Å². The first-order valence-corrected chi connectivity index (χ1v) is 20.9. The maximum Gasteiger partial charge on any atom is 0.136 e. The Bertz CT molecular complexity index is 1930. The predicted molar refractivity (Wildman–Crippen MR) is 206 cm³/mol. The third-order valence-corrected chi connectivity index (χ3v) is 17.1. The molecule has 5 saturated heterocycles. The summed E-state index contributed by atoms with van der Waals surface area (Å²) in [5.41, 5.74) is 7.97. The molecular formula is C46H56Br2N4O2. The number of hydrogen-bond donors (Lipinski definition) is 0. The van der Waals surface area contributed by atoms with Crippen molar-refractivity contribution in [3.63, 3.8) is 0 Å². The highest BCUT2D eigenvalue weighted by atomic mass is 79.9. The lowest BCUT2D eigenvalue weighted by Gasteiger charge is -2.65. The zero-order valence-electron chi connectivity index (χ0n) is 31.9. The molecule has 8 heterocycles. The summed E-state index contributed by atoms with van der Waals surface area (Å²) in [7, 11) is 0. The molecule has 14 unspecified atom stereocenters. The van der Waals surface area contributed by atoms with Crippen molar-refractivity contribution in [3.05, 3.63) is 108 Å². The Balaban J connectivity index is 0.00000180. The van der Waals surface area contributed by atoms with Crippen LogP contribution in [0.1, 0.15) is 45.1 Å². The van der Waals surface area contributed by atoms with Crippen molar-refractivity contribution in [1.29, 1.82) is 0 Å². The normalized spacial score (nSPS) is 45.3. The molecule has 8 aliphatic heterocycles. The summed E-state index contributed by atoms with van der Waals surface area (Å²) in [4.78, 5) is 5.94. The summed E-state index contributed by atoms with van der Waals surface area (Å²) in [6.07, 6.45) is 19.9. The molecule has 14 atom stereocenters. The molecule has 2 aliphatic carbocycles. The SMILES string of the molecule is CC=CC[N+]12CCC3C4C5C(CC31)C(=CCOC5N1c3ccccc3C35CC[N+]6(CC=CC)CC7=CCOC(C(C7CC36)C15)N4c1ccccc1)C2.[Br-].[Br-]. The summed E-state index contributed by atoms with van der Waals surface area (Å²) >= 11 is 0. The molecule has 0 N–H and O–H groups in total. The quantitative estimate of drug-likeness (QED) is 0.329. The van der Waals surface area contributed by atoms with Crippen molar-refractivity contribution >= 4 is 11.4 Å². The van der Waals surface area contributed by atoms with E-state index in [1.807, 2.05) is 0 Å². The molecule has 6 nitrogen and oxygen atoms in total. The van der Waals surface area contributed by atoms with Crippen molar-refractivity contribution < 1.29 is 52.4 Å². The van der Waals surface area contributed by atoms with Crippen molar-refractivity contribution in [2.75, 3.05) is 62.3 Å². The highest BCUT2D eigenvalue weighted by Crippen LogP contribution is 2.69. The highest BCUT2D eigenvalue weighted by Gasteiger charge is 2.77. The lowest BCUT2D eigenvalue weighted by molar-refractivity contribution is -0.938. The number of quaternary nitrogens is 2. The molecule has 2 aromatic carbocycles. The average molecular weight is 857 g/mol. The molecule has 1 spiro atoms. The van der Waals surface area contributed by atoms with Gasteiger partial charge < -0.3 is 62.2 Å². The van der Waals surface area contributed by atoms with E-state index in [4.69, 9.17) is 9.47 Å². The Morgan fingerprint density at radius 3 is 2.19 bits per heavy atom. The van der Waals surface area contributed by atoms with Crippen LogP contribution in [0, 0.1) is 29.6 Å². The lowest BCUT2D eigenvalue weighted by Crippen LogP contribution is -3.00. The largest absolute Gasteiger partial charge is 1.00 e. The Kier molecular flexibility index (Phi) is 8.64. The van der Waals surface area contributed by atoms with Crippen molar-refractivity contribution in [3.8, 4) is 0 Å². The second kappa shape index (κ2) is 12.9. The Labute approximate surface area is 343 Å². The Morgan fingerprint density at radius 1 is 0.759 bits per heavy atom. The van der Waals surface area contributed by atoms with Crippen LogP contribution in [0.15, 0.2) is 102 Å². The molecule has 12 rings (SSSR count). The van der Waals surface area contributed by atoms with E-state index in [2.05, 4.69) is 115 Å². The van der Waals surface area contributed by atoms with Gasteiger partial charge in [0.25, 0.3) is 0 Å². The molecule has 10 aliphatic rings. The van der Waals surface area contributed by atoms with Gasteiger partial charge in [0.15, 0.2) is 0 Å². The van der Waals surface area contributed by atoms with E-state index in [-0.39, 0.29) is 51.8 Å². The number of para-hydroxylation sites is 2. The fourth-order valence-electron chi connectivity index (χ4n) is 15.6. The second-order valence-corrected chi connectivity index (χ2v) is 18.5. The van der Waals surface area contributed by atoms with Crippen LogP contribution >= 0.6 is 0 Å². The van der Waals surface area contributed by atoms with Gasteiger partial charge in [0.1, 0.15) is 31.6 Å². The average Bonchev–Trinajstić information content (AvgIpc) is 3.72. The minimum absolute atomic E-state index is 0. The smallest absolute Gasteiger partial charge is 0.136 e. The van der Waals surface area contributed by atoms with E-state index in [9.17, 15) is 0 Å². The topological polar surface area (TPSA) is 24.9 Å². The number of nitrogens with zero attached hydrogens (tertiary/aromatic N) is 4. The van der Waals surface area contributed by atoms with Gasteiger partial charge in [-0.15, -0.1) is 0 Å². The van der Waals surface area contributed by atoms with Gasteiger partial charge in [0.05, 0.1) is 56.9 Å². The number of rotatable bonds is 5. The van der Waals surface area contributed by atoms with Gasteiger partial charge in [-0.25, -0.2) is 0 Å². The zero-order valence-corrected chi connectivity index (χ0v) is 35.0. The van der Waals surface area contributed by atoms with Gasteiger partial charge in [0, 0.05) is 72.7 Å². The molecule has 4 bridgehead atoms. The molecule has 0 amide bonds. The Hall–Kier alpha value is -2.20. The van der Waals surface area contributed by atoms with E-state index in [0.29, 0.717) is 53.8 Å². The second-order valence-electron chi connectivity index (χ2n) is 18.5. The molecule has 2 aromatic rings. The van der Waals surface area contributed by atoms with Crippen molar-refractivity contribution in [1.82, 2.24) is 0 Å². The molecule has 0 aromatic heterocycles. The molecule has 286 valence electrons. The fourth-order valence-corrected chi connectivity index (χ4v) is 15.6. The van der Waals surface area contributed by atoms with Gasteiger partial charge in [-0.2, -0.15) is 0 Å². The number of benzene rings is 2. The number of ether oxygens (including phenoxy) is 2. The number of allylic oxidation sites excluding steroid dienone is 2. The van der Waals surface area contributed by atoms with Gasteiger partial charge in [-0.05, 0) is 60.9 Å². The van der Waals surface area contributed by atoms with E-state index in [0.717, 1.165) is 26.3 Å². The number of halogens is 2. The van der Waals surface area contributed by atoms with Gasteiger partial charge in [-0.3, -0.25) is 0 Å². The van der Waals surface area contributed by atoms with E-state index < -0.39 is 0 Å². The summed E-state index contributed by atoms with van der Waals surface area (Å²) in [6.45, 7) is 13.1. The molecular weight excluding hydrogens is 800 g/mol. The zero-order chi connectivity index (χ0) is 34.4. The minimum Gasteiger partial charge on any atom is -1.00 e. The summed E-state index contributed by atoms with van der Waals surface area (Å²) in [6, 6.07) is 23.4. The molecule has 54 heavy (non-hydrogen) atoms. The van der Waals surface area contributed by atoms with Crippen LogP contribution in [0.5, 0.6) is 0 Å². The van der Waals surface area contributed by atoms with Crippen LogP contribution in [0.4, 0.5) is 11.4 Å². The third-order valence-electron chi connectivity index (χ3n) is 17.1. The number of fused-ring (bicyclic) bond motifs is 4. The maximum atomic E-state index is 7.55. The third kappa shape index (κ3) is 4.42. The Morgan fingerprint density at radius 2 is 1.43 bits per heavy atom. The summed E-state index contributed by atoms with van der Waals surface area (Å²) in [5.74, 6) is 2.42. The van der Waals surface area contributed by atoms with E-state index >= 15 is 0 Å². The minimum atomic E-state index is 0. The number of piperidine rings is 2. The first kappa shape index (κ1) is 36.2. The van der Waals surface area contributed by atoms with Crippen molar-refractivity contribution in [2.24, 2.45) is 29.6 Å². The maximum absolute atomic E-state index is 7.55.